The van der Waals surface area contributed by atoms with E-state index in [0.717, 1.165) is 49.6 Å². The Morgan fingerprint density at radius 1 is 1.08 bits per heavy atom. The summed E-state index contributed by atoms with van der Waals surface area (Å²) in [5.74, 6) is 2.27. The van der Waals surface area contributed by atoms with Crippen LogP contribution in [0.5, 0.6) is 5.88 Å². The first kappa shape index (κ1) is 17.6. The quantitative estimate of drug-likeness (QED) is 0.833. The van der Waals surface area contributed by atoms with Crippen molar-refractivity contribution in [2.45, 2.75) is 47.0 Å². The van der Waals surface area contributed by atoms with E-state index in [4.69, 9.17) is 4.74 Å². The predicted molar refractivity (Wildman–Crippen MR) is 98.1 cm³/mol. The Labute approximate surface area is 149 Å². The number of aryl methyl sites for hydroxylation is 3. The number of aromatic nitrogens is 4. The Kier molecular flexibility index (Phi) is 5.46. The zero-order valence-corrected chi connectivity index (χ0v) is 15.6. The molecule has 0 radical (unpaired) electrons. The summed E-state index contributed by atoms with van der Waals surface area (Å²) in [5, 5.41) is 8.34. The van der Waals surface area contributed by atoms with E-state index in [9.17, 15) is 0 Å². The molecule has 0 spiro atoms. The number of ether oxygens (including phenoxy) is 1. The lowest BCUT2D eigenvalue weighted by Gasteiger charge is -2.33. The third-order valence-corrected chi connectivity index (χ3v) is 5.13. The number of nitrogens with zero attached hydrogens (tertiary/aromatic N) is 5. The number of rotatable bonds is 5. The molecule has 1 aliphatic rings. The van der Waals surface area contributed by atoms with Gasteiger partial charge in [0.25, 0.3) is 0 Å². The Morgan fingerprint density at radius 3 is 2.56 bits per heavy atom. The van der Waals surface area contributed by atoms with Crippen LogP contribution in [-0.4, -0.2) is 39.9 Å². The van der Waals surface area contributed by atoms with Gasteiger partial charge in [0, 0.05) is 30.4 Å². The van der Waals surface area contributed by atoms with Crippen molar-refractivity contribution in [1.82, 2.24) is 20.2 Å². The van der Waals surface area contributed by atoms with E-state index in [2.05, 4.69) is 38.9 Å². The topological polar surface area (TPSA) is 64.0 Å². The number of anilines is 1. The van der Waals surface area contributed by atoms with Crippen molar-refractivity contribution in [2.24, 2.45) is 5.92 Å². The second-order valence-electron chi connectivity index (χ2n) is 6.80. The van der Waals surface area contributed by atoms with E-state index in [0.29, 0.717) is 18.4 Å². The highest BCUT2D eigenvalue weighted by Crippen LogP contribution is 2.25. The molecule has 0 bridgehead atoms. The first-order valence-corrected chi connectivity index (χ1v) is 9.07. The molecule has 1 aliphatic heterocycles. The van der Waals surface area contributed by atoms with Crippen LogP contribution in [0.4, 0.5) is 5.82 Å². The highest BCUT2D eigenvalue weighted by Gasteiger charge is 2.22. The molecule has 0 N–H and O–H groups in total. The average Bonchev–Trinajstić information content (AvgIpc) is 2.64. The first-order valence-electron chi connectivity index (χ1n) is 9.07. The standard InChI is InChI=1S/C19H27N5O/c1-5-17-10-18(23-22-15(17)4)25-11-16-6-8-24(9-7-16)19-13(2)14(3)20-12-21-19/h10,12,16H,5-9,11H2,1-4H3. The highest BCUT2D eigenvalue weighted by atomic mass is 16.5. The van der Waals surface area contributed by atoms with Crippen LogP contribution in [0.15, 0.2) is 12.4 Å². The Morgan fingerprint density at radius 2 is 1.84 bits per heavy atom. The molecule has 0 amide bonds. The van der Waals surface area contributed by atoms with Crippen molar-refractivity contribution < 1.29 is 4.74 Å². The number of piperidine rings is 1. The summed E-state index contributed by atoms with van der Waals surface area (Å²) in [6.07, 6.45) is 4.81. The molecule has 0 atom stereocenters. The van der Waals surface area contributed by atoms with Crippen molar-refractivity contribution >= 4 is 5.82 Å². The van der Waals surface area contributed by atoms with Crippen LogP contribution in [0.2, 0.25) is 0 Å². The van der Waals surface area contributed by atoms with E-state index in [1.807, 2.05) is 19.9 Å². The molecule has 0 aromatic carbocycles. The summed E-state index contributed by atoms with van der Waals surface area (Å²) in [6.45, 7) is 11.0. The molecule has 134 valence electrons. The van der Waals surface area contributed by atoms with E-state index in [1.165, 1.54) is 11.1 Å². The Bertz CT molecular complexity index is 726. The van der Waals surface area contributed by atoms with Gasteiger partial charge in [0.05, 0.1) is 12.3 Å². The molecule has 2 aromatic heterocycles. The molecular weight excluding hydrogens is 314 g/mol. The molecule has 2 aromatic rings. The fourth-order valence-electron chi connectivity index (χ4n) is 3.26. The van der Waals surface area contributed by atoms with E-state index >= 15 is 0 Å². The van der Waals surface area contributed by atoms with Crippen molar-refractivity contribution in [3.05, 3.63) is 34.9 Å². The molecule has 25 heavy (non-hydrogen) atoms. The molecular formula is C19H27N5O. The zero-order valence-electron chi connectivity index (χ0n) is 15.6. The van der Waals surface area contributed by atoms with E-state index in [-0.39, 0.29) is 0 Å². The monoisotopic (exact) mass is 341 g/mol. The van der Waals surface area contributed by atoms with Gasteiger partial charge in [-0.1, -0.05) is 6.92 Å². The van der Waals surface area contributed by atoms with Crippen molar-refractivity contribution in [3.63, 3.8) is 0 Å². The summed E-state index contributed by atoms with van der Waals surface area (Å²) in [5.41, 5.74) is 4.42. The third-order valence-electron chi connectivity index (χ3n) is 5.13. The van der Waals surface area contributed by atoms with E-state index < -0.39 is 0 Å². The normalized spacial score (nSPS) is 15.4. The van der Waals surface area contributed by atoms with Crippen LogP contribution in [0.1, 0.15) is 42.3 Å². The zero-order chi connectivity index (χ0) is 17.8. The summed E-state index contributed by atoms with van der Waals surface area (Å²) in [7, 11) is 0. The smallest absolute Gasteiger partial charge is 0.233 e. The van der Waals surface area contributed by atoms with Crippen LogP contribution in [0.3, 0.4) is 0 Å². The number of hydrogen-bond acceptors (Lipinski definition) is 6. The van der Waals surface area contributed by atoms with Gasteiger partial charge >= 0.3 is 0 Å². The summed E-state index contributed by atoms with van der Waals surface area (Å²) >= 11 is 0. The van der Waals surface area contributed by atoms with Gasteiger partial charge in [-0.3, -0.25) is 0 Å². The minimum atomic E-state index is 0.549. The molecule has 6 heteroatoms. The maximum atomic E-state index is 5.91. The van der Waals surface area contributed by atoms with Gasteiger partial charge < -0.3 is 9.64 Å². The maximum Gasteiger partial charge on any atom is 0.233 e. The molecule has 1 fully saturated rings. The second kappa shape index (κ2) is 7.76. The summed E-state index contributed by atoms with van der Waals surface area (Å²) in [4.78, 5) is 11.1. The predicted octanol–water partition coefficient (Wildman–Crippen LogP) is 3.05. The lowest BCUT2D eigenvalue weighted by Crippen LogP contribution is -2.36. The summed E-state index contributed by atoms with van der Waals surface area (Å²) in [6, 6.07) is 2.02. The van der Waals surface area contributed by atoms with Gasteiger partial charge in [0.1, 0.15) is 12.1 Å². The Balaban J connectivity index is 1.54. The largest absolute Gasteiger partial charge is 0.476 e. The second-order valence-corrected chi connectivity index (χ2v) is 6.80. The van der Waals surface area contributed by atoms with Gasteiger partial charge in [0.2, 0.25) is 5.88 Å². The minimum absolute atomic E-state index is 0.549. The van der Waals surface area contributed by atoms with Crippen molar-refractivity contribution in [2.75, 3.05) is 24.6 Å². The SMILES string of the molecule is CCc1cc(OCC2CCN(c3ncnc(C)c3C)CC2)nnc1C. The lowest BCUT2D eigenvalue weighted by atomic mass is 9.97. The highest BCUT2D eigenvalue weighted by molar-refractivity contribution is 5.47. The van der Waals surface area contributed by atoms with Crippen LogP contribution >= 0.6 is 0 Å². The molecule has 1 saturated heterocycles. The van der Waals surface area contributed by atoms with Crippen LogP contribution in [-0.2, 0) is 6.42 Å². The molecule has 6 nitrogen and oxygen atoms in total. The van der Waals surface area contributed by atoms with Crippen molar-refractivity contribution in [1.29, 1.82) is 0 Å². The van der Waals surface area contributed by atoms with Gasteiger partial charge in [-0.05, 0) is 51.5 Å². The lowest BCUT2D eigenvalue weighted by molar-refractivity contribution is 0.213. The van der Waals surface area contributed by atoms with Gasteiger partial charge in [0.15, 0.2) is 0 Å². The van der Waals surface area contributed by atoms with Crippen LogP contribution in [0.25, 0.3) is 0 Å². The fraction of sp³-hybridized carbons (Fsp3) is 0.579. The maximum absolute atomic E-state index is 5.91. The summed E-state index contributed by atoms with van der Waals surface area (Å²) < 4.78 is 5.91. The fourth-order valence-corrected chi connectivity index (χ4v) is 3.26. The number of hydrogen-bond donors (Lipinski definition) is 0. The van der Waals surface area contributed by atoms with Gasteiger partial charge in [-0.2, -0.15) is 5.10 Å². The molecule has 0 saturated carbocycles. The third kappa shape index (κ3) is 4.06. The Hall–Kier alpha value is -2.24. The average molecular weight is 341 g/mol. The van der Waals surface area contributed by atoms with Crippen LogP contribution < -0.4 is 9.64 Å². The van der Waals surface area contributed by atoms with Crippen molar-refractivity contribution in [3.8, 4) is 5.88 Å². The molecule has 3 rings (SSSR count). The van der Waals surface area contributed by atoms with Crippen LogP contribution in [0, 0.1) is 26.7 Å². The molecule has 0 unspecified atom stereocenters. The molecule has 3 heterocycles. The van der Waals surface area contributed by atoms with Gasteiger partial charge in [-0.15, -0.1) is 5.10 Å². The first-order chi connectivity index (χ1) is 12.1. The van der Waals surface area contributed by atoms with E-state index in [1.54, 1.807) is 6.33 Å². The van der Waals surface area contributed by atoms with Gasteiger partial charge in [-0.25, -0.2) is 9.97 Å². The molecule has 0 aliphatic carbocycles. The minimum Gasteiger partial charge on any atom is -0.476 e.